The van der Waals surface area contributed by atoms with Gasteiger partial charge in [-0.25, -0.2) is 0 Å². The Hall–Kier alpha value is -3.99. The van der Waals surface area contributed by atoms with Gasteiger partial charge in [0.2, 0.25) is 11.5 Å². The van der Waals surface area contributed by atoms with Gasteiger partial charge in [-0.1, -0.05) is 35.5 Å². The van der Waals surface area contributed by atoms with Gasteiger partial charge in [0, 0.05) is 11.1 Å². The van der Waals surface area contributed by atoms with E-state index in [1.807, 2.05) is 37.3 Å². The summed E-state index contributed by atoms with van der Waals surface area (Å²) in [4.78, 5) is 4.44. The summed E-state index contributed by atoms with van der Waals surface area (Å²) >= 11 is 0. The lowest BCUT2D eigenvalue weighted by molar-refractivity contribution is 0.432. The molecule has 0 aliphatic rings. The van der Waals surface area contributed by atoms with Crippen LogP contribution in [0.1, 0.15) is 5.56 Å². The lowest BCUT2D eigenvalue weighted by Crippen LogP contribution is -2.21. The van der Waals surface area contributed by atoms with E-state index in [0.717, 1.165) is 11.1 Å². The lowest BCUT2D eigenvalue weighted by atomic mass is 10.1. The Morgan fingerprint density at radius 3 is 2.81 bits per heavy atom. The summed E-state index contributed by atoms with van der Waals surface area (Å²) in [6.07, 6.45) is 0. The van der Waals surface area contributed by atoms with Crippen LogP contribution in [0.15, 0.2) is 58.2 Å². The summed E-state index contributed by atoms with van der Waals surface area (Å²) < 4.78 is 5.37. The molecule has 3 aromatic rings. The Morgan fingerprint density at radius 1 is 1.27 bits per heavy atom. The number of hydrazone groups is 1. The number of aromatic nitrogens is 2. The van der Waals surface area contributed by atoms with Crippen LogP contribution in [0.2, 0.25) is 0 Å². The molecule has 0 atom stereocenters. The molecule has 26 heavy (non-hydrogen) atoms. The summed E-state index contributed by atoms with van der Waals surface area (Å²) in [5.74, 6) is 0.469. The Balaban J connectivity index is 1.87. The number of rotatable bonds is 5. The summed E-state index contributed by atoms with van der Waals surface area (Å²) in [6.45, 7) is 1.98. The van der Waals surface area contributed by atoms with Crippen LogP contribution in [0, 0.1) is 23.7 Å². The standard InChI is InChI=1S/C18H15N7O/c1-11-5-2-3-8-14(11)17-22-18(26-25-17)12-6-4-7-13(9-12)23-24-15(10-19)16(20)21/h2-9,23H,1H3,(H3,20,21)/b24-15+. The third-order valence-electron chi connectivity index (χ3n) is 3.58. The average molecular weight is 345 g/mol. The molecule has 0 radical (unpaired) electrons. The van der Waals surface area contributed by atoms with E-state index in [9.17, 15) is 0 Å². The van der Waals surface area contributed by atoms with Crippen LogP contribution in [0.4, 0.5) is 5.69 Å². The van der Waals surface area contributed by atoms with E-state index in [-0.39, 0.29) is 5.71 Å². The molecule has 1 aromatic heterocycles. The molecule has 0 saturated heterocycles. The van der Waals surface area contributed by atoms with Crippen molar-refractivity contribution in [1.29, 1.82) is 10.7 Å². The third kappa shape index (κ3) is 3.57. The van der Waals surface area contributed by atoms with Crippen LogP contribution in [-0.2, 0) is 0 Å². The SMILES string of the molecule is Cc1ccccc1-c1noc(-c2cccc(N/N=C(\C#N)C(=N)N)c2)n1. The number of amidine groups is 1. The number of benzene rings is 2. The highest BCUT2D eigenvalue weighted by Crippen LogP contribution is 2.25. The Labute approximate surface area is 149 Å². The van der Waals surface area contributed by atoms with Gasteiger partial charge in [-0.3, -0.25) is 10.8 Å². The van der Waals surface area contributed by atoms with Crippen molar-refractivity contribution >= 4 is 17.2 Å². The fourth-order valence-electron chi connectivity index (χ4n) is 2.26. The summed E-state index contributed by atoms with van der Waals surface area (Å²) in [7, 11) is 0. The van der Waals surface area contributed by atoms with Gasteiger partial charge in [0.1, 0.15) is 6.07 Å². The number of nitriles is 1. The smallest absolute Gasteiger partial charge is 0.258 e. The molecule has 0 saturated carbocycles. The van der Waals surface area contributed by atoms with Gasteiger partial charge in [0.25, 0.3) is 5.89 Å². The van der Waals surface area contributed by atoms with Gasteiger partial charge in [-0.05, 0) is 30.7 Å². The van der Waals surface area contributed by atoms with Crippen LogP contribution >= 0.6 is 0 Å². The molecule has 0 spiro atoms. The fraction of sp³-hybridized carbons (Fsp3) is 0.0556. The minimum atomic E-state index is -0.407. The first-order valence-corrected chi connectivity index (χ1v) is 7.67. The molecule has 8 nitrogen and oxygen atoms in total. The predicted molar refractivity (Wildman–Crippen MR) is 98.5 cm³/mol. The van der Waals surface area contributed by atoms with Crippen molar-refractivity contribution in [3.63, 3.8) is 0 Å². The van der Waals surface area contributed by atoms with Crippen molar-refractivity contribution < 1.29 is 4.52 Å². The summed E-state index contributed by atoms with van der Waals surface area (Å²) in [6, 6.07) is 16.6. The Morgan fingerprint density at radius 2 is 2.08 bits per heavy atom. The molecule has 0 fully saturated rings. The van der Waals surface area contributed by atoms with Gasteiger partial charge in [-0.2, -0.15) is 15.3 Å². The number of anilines is 1. The average Bonchev–Trinajstić information content (AvgIpc) is 3.12. The van der Waals surface area contributed by atoms with Crippen LogP contribution in [0.25, 0.3) is 22.8 Å². The van der Waals surface area contributed by atoms with E-state index >= 15 is 0 Å². The molecule has 8 heteroatoms. The molecular weight excluding hydrogens is 330 g/mol. The maximum Gasteiger partial charge on any atom is 0.258 e. The largest absolute Gasteiger partial charge is 0.382 e. The minimum absolute atomic E-state index is 0.199. The fourth-order valence-corrected chi connectivity index (χ4v) is 2.26. The van der Waals surface area contributed by atoms with Crippen molar-refractivity contribution in [2.24, 2.45) is 10.8 Å². The van der Waals surface area contributed by atoms with E-state index in [4.69, 9.17) is 20.9 Å². The second kappa shape index (κ2) is 7.27. The molecule has 128 valence electrons. The second-order valence-corrected chi connectivity index (χ2v) is 5.42. The highest BCUT2D eigenvalue weighted by Gasteiger charge is 2.12. The van der Waals surface area contributed by atoms with Crippen molar-refractivity contribution in [2.75, 3.05) is 5.43 Å². The molecule has 4 N–H and O–H groups in total. The van der Waals surface area contributed by atoms with E-state index < -0.39 is 5.84 Å². The van der Waals surface area contributed by atoms with Crippen molar-refractivity contribution in [3.8, 4) is 28.9 Å². The van der Waals surface area contributed by atoms with E-state index in [0.29, 0.717) is 23.0 Å². The second-order valence-electron chi connectivity index (χ2n) is 5.42. The van der Waals surface area contributed by atoms with Crippen molar-refractivity contribution in [1.82, 2.24) is 10.1 Å². The van der Waals surface area contributed by atoms with E-state index in [1.165, 1.54) is 0 Å². The lowest BCUT2D eigenvalue weighted by Gasteiger charge is -2.02. The first-order chi connectivity index (χ1) is 12.6. The molecule has 2 aromatic carbocycles. The maximum atomic E-state index is 8.87. The molecule has 0 aliphatic carbocycles. The Kier molecular flexibility index (Phi) is 4.71. The number of nitrogens with one attached hydrogen (secondary N) is 2. The van der Waals surface area contributed by atoms with Crippen molar-refractivity contribution in [2.45, 2.75) is 6.92 Å². The molecule has 0 bridgehead atoms. The zero-order valence-corrected chi connectivity index (χ0v) is 13.9. The van der Waals surface area contributed by atoms with Crippen LogP contribution in [0.5, 0.6) is 0 Å². The molecule has 0 amide bonds. The van der Waals surface area contributed by atoms with Crippen LogP contribution in [-0.4, -0.2) is 21.7 Å². The monoisotopic (exact) mass is 345 g/mol. The normalized spacial score (nSPS) is 11.0. The molecule has 0 unspecified atom stereocenters. The number of nitrogens with two attached hydrogens (primary N) is 1. The van der Waals surface area contributed by atoms with Crippen LogP contribution < -0.4 is 11.2 Å². The summed E-state index contributed by atoms with van der Waals surface area (Å²) in [5.41, 5.74) is 11.0. The first-order valence-electron chi connectivity index (χ1n) is 7.67. The predicted octanol–water partition coefficient (Wildman–Crippen LogP) is 2.94. The minimum Gasteiger partial charge on any atom is -0.382 e. The number of hydrogen-bond acceptors (Lipinski definition) is 7. The zero-order valence-electron chi connectivity index (χ0n) is 13.9. The van der Waals surface area contributed by atoms with Gasteiger partial charge >= 0.3 is 0 Å². The molecule has 0 aliphatic heterocycles. The van der Waals surface area contributed by atoms with Gasteiger partial charge in [-0.15, -0.1) is 0 Å². The van der Waals surface area contributed by atoms with Gasteiger partial charge in [0.15, 0.2) is 5.84 Å². The van der Waals surface area contributed by atoms with Crippen molar-refractivity contribution in [3.05, 3.63) is 54.1 Å². The zero-order chi connectivity index (χ0) is 18.5. The highest BCUT2D eigenvalue weighted by atomic mass is 16.5. The quantitative estimate of drug-likeness (QED) is 0.369. The maximum absolute atomic E-state index is 8.87. The summed E-state index contributed by atoms with van der Waals surface area (Å²) in [5, 5.41) is 24.0. The highest BCUT2D eigenvalue weighted by molar-refractivity contribution is 6.45. The number of hydrogen-bond donors (Lipinski definition) is 3. The van der Waals surface area contributed by atoms with E-state index in [1.54, 1.807) is 24.3 Å². The van der Waals surface area contributed by atoms with Gasteiger partial charge < -0.3 is 10.3 Å². The first kappa shape index (κ1) is 16.9. The number of nitrogens with zero attached hydrogens (tertiary/aromatic N) is 4. The van der Waals surface area contributed by atoms with E-state index in [2.05, 4.69) is 20.7 Å². The molecule has 1 heterocycles. The Bertz CT molecular complexity index is 1030. The topological polar surface area (TPSA) is 137 Å². The third-order valence-corrected chi connectivity index (χ3v) is 3.58. The molecular formula is C18H15N7O. The number of aryl methyl sites for hydroxylation is 1. The molecule has 3 rings (SSSR count). The van der Waals surface area contributed by atoms with Gasteiger partial charge in [0.05, 0.1) is 5.69 Å². The van der Waals surface area contributed by atoms with Crippen LogP contribution in [0.3, 0.4) is 0 Å².